The lowest BCUT2D eigenvalue weighted by atomic mass is 10.1. The lowest BCUT2D eigenvalue weighted by molar-refractivity contribution is 0.130. The van der Waals surface area contributed by atoms with Gasteiger partial charge in [0.05, 0.1) is 5.56 Å². The molecule has 3 N–H and O–H groups in total. The van der Waals surface area contributed by atoms with Crippen LogP contribution in [-0.4, -0.2) is 16.6 Å². The van der Waals surface area contributed by atoms with E-state index in [1.807, 2.05) is 20.8 Å². The fourth-order valence-corrected chi connectivity index (χ4v) is 1.18. The van der Waals surface area contributed by atoms with Gasteiger partial charge in [-0.2, -0.15) is 0 Å². The van der Waals surface area contributed by atoms with Crippen molar-refractivity contribution in [2.75, 3.05) is 0 Å². The van der Waals surface area contributed by atoms with E-state index in [-0.39, 0.29) is 11.4 Å². The fourth-order valence-electron chi connectivity index (χ4n) is 1.18. The minimum absolute atomic E-state index is 0.182. The van der Waals surface area contributed by atoms with Gasteiger partial charge in [0.25, 0.3) is 0 Å². The number of oxime groups is 1. The summed E-state index contributed by atoms with van der Waals surface area (Å²) < 4.78 is 18.6. The van der Waals surface area contributed by atoms with Crippen LogP contribution in [0.5, 0.6) is 5.75 Å². The van der Waals surface area contributed by atoms with Crippen molar-refractivity contribution in [3.8, 4) is 5.75 Å². The molecule has 0 aliphatic carbocycles. The number of hydrogen-bond acceptors (Lipinski definition) is 3. The number of benzene rings is 1. The van der Waals surface area contributed by atoms with E-state index in [0.29, 0.717) is 5.75 Å². The summed E-state index contributed by atoms with van der Waals surface area (Å²) in [6.45, 7) is 5.56. The Balaban J connectivity index is 3.18. The fraction of sp³-hybridized carbons (Fsp3) is 0.364. The second kappa shape index (κ2) is 4.38. The summed E-state index contributed by atoms with van der Waals surface area (Å²) in [5, 5.41) is 11.4. The first-order valence-electron chi connectivity index (χ1n) is 4.80. The third-order valence-corrected chi connectivity index (χ3v) is 1.74. The van der Waals surface area contributed by atoms with Crippen molar-refractivity contribution in [1.82, 2.24) is 0 Å². The molecule has 0 heterocycles. The van der Waals surface area contributed by atoms with Gasteiger partial charge in [-0.05, 0) is 39.0 Å². The predicted molar refractivity (Wildman–Crippen MR) is 59.3 cm³/mol. The molecule has 0 saturated heterocycles. The molecule has 0 unspecified atom stereocenters. The van der Waals surface area contributed by atoms with E-state index in [4.69, 9.17) is 15.7 Å². The molecule has 0 atom stereocenters. The Labute approximate surface area is 93.5 Å². The number of halogens is 1. The monoisotopic (exact) mass is 226 g/mol. The largest absolute Gasteiger partial charge is 0.487 e. The van der Waals surface area contributed by atoms with Gasteiger partial charge >= 0.3 is 0 Å². The minimum Gasteiger partial charge on any atom is -0.487 e. The standard InChI is InChI=1S/C11H15FN2O2/c1-11(2,3)16-9-5-4-7(12)6-8(9)10(13)14-15/h4-6,15H,1-3H3,(H2,13,14). The van der Waals surface area contributed by atoms with Crippen LogP contribution in [0, 0.1) is 5.82 Å². The van der Waals surface area contributed by atoms with Crippen LogP contribution >= 0.6 is 0 Å². The van der Waals surface area contributed by atoms with Crippen molar-refractivity contribution in [2.24, 2.45) is 10.9 Å². The molecule has 1 aromatic carbocycles. The zero-order chi connectivity index (χ0) is 12.3. The van der Waals surface area contributed by atoms with Crippen LogP contribution in [0.4, 0.5) is 4.39 Å². The van der Waals surface area contributed by atoms with E-state index in [0.717, 1.165) is 6.07 Å². The van der Waals surface area contributed by atoms with E-state index in [1.165, 1.54) is 12.1 Å². The van der Waals surface area contributed by atoms with Gasteiger partial charge < -0.3 is 15.7 Å². The Kier molecular flexibility index (Phi) is 3.37. The molecule has 0 radical (unpaired) electrons. The molecular formula is C11H15FN2O2. The summed E-state index contributed by atoms with van der Waals surface area (Å²) in [7, 11) is 0. The van der Waals surface area contributed by atoms with Gasteiger partial charge in [-0.3, -0.25) is 0 Å². The van der Waals surface area contributed by atoms with Crippen LogP contribution in [0.2, 0.25) is 0 Å². The van der Waals surface area contributed by atoms with Crippen molar-refractivity contribution >= 4 is 5.84 Å². The molecular weight excluding hydrogens is 211 g/mol. The number of nitrogens with zero attached hydrogens (tertiary/aromatic N) is 1. The minimum atomic E-state index is -0.470. The van der Waals surface area contributed by atoms with Gasteiger partial charge in [0.2, 0.25) is 0 Å². The topological polar surface area (TPSA) is 67.8 Å². The van der Waals surface area contributed by atoms with Gasteiger partial charge in [-0.1, -0.05) is 5.16 Å². The van der Waals surface area contributed by atoms with Gasteiger partial charge in [0, 0.05) is 0 Å². The smallest absolute Gasteiger partial charge is 0.173 e. The average Bonchev–Trinajstić information content (AvgIpc) is 2.17. The maximum atomic E-state index is 13.0. The van der Waals surface area contributed by atoms with E-state index < -0.39 is 11.4 Å². The normalized spacial score (nSPS) is 12.6. The Bertz CT molecular complexity index is 411. The molecule has 0 aliphatic heterocycles. The zero-order valence-electron chi connectivity index (χ0n) is 9.49. The van der Waals surface area contributed by atoms with Crippen LogP contribution in [0.25, 0.3) is 0 Å². The molecule has 0 fully saturated rings. The van der Waals surface area contributed by atoms with Crippen molar-refractivity contribution < 1.29 is 14.3 Å². The van der Waals surface area contributed by atoms with E-state index in [9.17, 15) is 4.39 Å². The third-order valence-electron chi connectivity index (χ3n) is 1.74. The van der Waals surface area contributed by atoms with E-state index in [1.54, 1.807) is 0 Å². The van der Waals surface area contributed by atoms with Gasteiger partial charge in [-0.15, -0.1) is 0 Å². The zero-order valence-corrected chi connectivity index (χ0v) is 9.49. The highest BCUT2D eigenvalue weighted by Gasteiger charge is 2.17. The molecule has 0 amide bonds. The van der Waals surface area contributed by atoms with Crippen molar-refractivity contribution in [2.45, 2.75) is 26.4 Å². The number of ether oxygens (including phenoxy) is 1. The Morgan fingerprint density at radius 2 is 2.06 bits per heavy atom. The second-order valence-corrected chi connectivity index (χ2v) is 4.34. The first-order chi connectivity index (χ1) is 7.33. The van der Waals surface area contributed by atoms with Crippen LogP contribution in [0.1, 0.15) is 26.3 Å². The maximum absolute atomic E-state index is 13.0. The van der Waals surface area contributed by atoms with Crippen molar-refractivity contribution in [1.29, 1.82) is 0 Å². The molecule has 88 valence electrons. The molecule has 0 spiro atoms. The number of nitrogens with two attached hydrogens (primary N) is 1. The summed E-state index contributed by atoms with van der Waals surface area (Å²) in [6.07, 6.45) is 0. The van der Waals surface area contributed by atoms with Crippen LogP contribution in [0.3, 0.4) is 0 Å². The molecule has 1 rings (SSSR count). The van der Waals surface area contributed by atoms with Crippen LogP contribution in [0.15, 0.2) is 23.4 Å². The highest BCUT2D eigenvalue weighted by molar-refractivity contribution is 5.99. The molecule has 0 aromatic heterocycles. The van der Waals surface area contributed by atoms with Gasteiger partial charge in [0.15, 0.2) is 5.84 Å². The predicted octanol–water partition coefficient (Wildman–Crippen LogP) is 2.10. The number of hydrogen-bond donors (Lipinski definition) is 2. The summed E-state index contributed by atoms with van der Waals surface area (Å²) in [5.41, 5.74) is 5.23. The lowest BCUT2D eigenvalue weighted by Gasteiger charge is -2.22. The summed E-state index contributed by atoms with van der Waals surface area (Å²) in [4.78, 5) is 0. The highest BCUT2D eigenvalue weighted by atomic mass is 19.1. The maximum Gasteiger partial charge on any atom is 0.173 e. The SMILES string of the molecule is CC(C)(C)Oc1ccc(F)cc1C(N)=NO. The highest BCUT2D eigenvalue weighted by Crippen LogP contribution is 2.23. The molecule has 4 nitrogen and oxygen atoms in total. The Morgan fingerprint density at radius 1 is 1.44 bits per heavy atom. The molecule has 0 bridgehead atoms. The second-order valence-electron chi connectivity index (χ2n) is 4.34. The van der Waals surface area contributed by atoms with Crippen molar-refractivity contribution in [3.05, 3.63) is 29.6 Å². The quantitative estimate of drug-likeness (QED) is 0.351. The number of rotatable bonds is 2. The molecule has 0 aliphatic rings. The van der Waals surface area contributed by atoms with E-state index in [2.05, 4.69) is 5.16 Å². The first-order valence-corrected chi connectivity index (χ1v) is 4.80. The van der Waals surface area contributed by atoms with Crippen LogP contribution < -0.4 is 10.5 Å². The Hall–Kier alpha value is -1.78. The molecule has 0 saturated carbocycles. The first kappa shape index (κ1) is 12.3. The molecule has 16 heavy (non-hydrogen) atoms. The molecule has 1 aromatic rings. The van der Waals surface area contributed by atoms with E-state index >= 15 is 0 Å². The summed E-state index contributed by atoms with van der Waals surface area (Å²) >= 11 is 0. The summed E-state index contributed by atoms with van der Waals surface area (Å²) in [5.74, 6) is -0.272. The van der Waals surface area contributed by atoms with Gasteiger partial charge in [-0.25, -0.2) is 4.39 Å². The van der Waals surface area contributed by atoms with Crippen molar-refractivity contribution in [3.63, 3.8) is 0 Å². The average molecular weight is 226 g/mol. The number of amidine groups is 1. The molecule has 5 heteroatoms. The lowest BCUT2D eigenvalue weighted by Crippen LogP contribution is -2.25. The Morgan fingerprint density at radius 3 is 2.56 bits per heavy atom. The summed E-state index contributed by atoms with van der Waals surface area (Å²) in [6, 6.07) is 3.87. The van der Waals surface area contributed by atoms with Crippen LogP contribution in [-0.2, 0) is 0 Å². The third kappa shape index (κ3) is 3.12. The van der Waals surface area contributed by atoms with Gasteiger partial charge in [0.1, 0.15) is 17.2 Å².